The highest BCUT2D eigenvalue weighted by molar-refractivity contribution is 5.95. The number of fused-ring (bicyclic) bond motifs is 4. The molecule has 2 fully saturated rings. The van der Waals surface area contributed by atoms with Crippen molar-refractivity contribution >= 4 is 11.6 Å². The van der Waals surface area contributed by atoms with Crippen molar-refractivity contribution in [3.8, 4) is 0 Å². The first kappa shape index (κ1) is 15.6. The third-order valence-electron chi connectivity index (χ3n) is 9.44. The number of rotatable bonds is 0. The van der Waals surface area contributed by atoms with Crippen molar-refractivity contribution < 1.29 is 9.59 Å². The van der Waals surface area contributed by atoms with E-state index >= 15 is 0 Å². The van der Waals surface area contributed by atoms with Crippen molar-refractivity contribution in [1.82, 2.24) is 0 Å². The lowest BCUT2D eigenvalue weighted by molar-refractivity contribution is -0.127. The maximum absolute atomic E-state index is 13.2. The molecular weight excluding hydrogens is 320 g/mol. The van der Waals surface area contributed by atoms with Gasteiger partial charge in [0.05, 0.1) is 5.41 Å². The standard InChI is InChI=1S/C24H28O2/c1-21-7-4-18-16-14-23(11-12-23)19-13-15(25)3-9-22(19,2)17(16)5-10-24(18,21)20(26)6-8-21/h4,13H,3,5-12,14H2,1-2H3/t21-,22?,24?/m0/s1. The Balaban J connectivity index is 1.57. The summed E-state index contributed by atoms with van der Waals surface area (Å²) in [6.45, 7) is 4.78. The normalized spacial score (nSPS) is 45.0. The maximum atomic E-state index is 13.2. The molecule has 0 heterocycles. The van der Waals surface area contributed by atoms with Gasteiger partial charge in [-0.25, -0.2) is 0 Å². The Morgan fingerprint density at radius 2 is 1.73 bits per heavy atom. The number of hydrogen-bond donors (Lipinski definition) is 0. The van der Waals surface area contributed by atoms with Crippen LogP contribution in [0.5, 0.6) is 0 Å². The number of hydrogen-bond acceptors (Lipinski definition) is 2. The fourth-order valence-corrected chi connectivity index (χ4v) is 7.78. The molecule has 2 unspecified atom stereocenters. The molecular formula is C24H28O2. The van der Waals surface area contributed by atoms with Crippen LogP contribution in [0.3, 0.4) is 0 Å². The molecule has 0 saturated heterocycles. The second-order valence-corrected chi connectivity index (χ2v) is 10.5. The molecule has 2 saturated carbocycles. The van der Waals surface area contributed by atoms with Crippen LogP contribution in [0.15, 0.2) is 34.4 Å². The van der Waals surface area contributed by atoms with Gasteiger partial charge in [0.25, 0.3) is 0 Å². The topological polar surface area (TPSA) is 34.1 Å². The van der Waals surface area contributed by atoms with E-state index in [4.69, 9.17) is 0 Å². The second kappa shape index (κ2) is 4.34. The van der Waals surface area contributed by atoms with Gasteiger partial charge >= 0.3 is 0 Å². The predicted octanol–water partition coefficient (Wildman–Crippen LogP) is 5.24. The Morgan fingerprint density at radius 3 is 2.50 bits per heavy atom. The van der Waals surface area contributed by atoms with Gasteiger partial charge in [-0.1, -0.05) is 31.1 Å². The molecule has 2 nitrogen and oxygen atoms in total. The van der Waals surface area contributed by atoms with Crippen molar-refractivity contribution in [2.24, 2.45) is 21.7 Å². The van der Waals surface area contributed by atoms with Gasteiger partial charge in [-0.05, 0) is 79.4 Å². The van der Waals surface area contributed by atoms with E-state index in [0.717, 1.165) is 44.9 Å². The Labute approximate surface area is 155 Å². The fraction of sp³-hybridized carbons (Fsp3) is 0.667. The van der Waals surface area contributed by atoms with Gasteiger partial charge in [0, 0.05) is 18.3 Å². The molecule has 0 radical (unpaired) electrons. The molecule has 3 atom stereocenters. The average Bonchev–Trinajstić information content (AvgIpc) is 3.25. The molecule has 0 N–H and O–H groups in total. The monoisotopic (exact) mass is 348 g/mol. The third-order valence-corrected chi connectivity index (χ3v) is 9.44. The predicted molar refractivity (Wildman–Crippen MR) is 100 cm³/mol. The lowest BCUT2D eigenvalue weighted by atomic mass is 9.50. The van der Waals surface area contributed by atoms with Crippen LogP contribution in [0.4, 0.5) is 0 Å². The molecule has 6 aliphatic carbocycles. The summed E-state index contributed by atoms with van der Waals surface area (Å²) in [7, 11) is 0. The fourth-order valence-electron chi connectivity index (χ4n) is 7.78. The molecule has 6 rings (SSSR count). The zero-order valence-electron chi connectivity index (χ0n) is 16.0. The van der Waals surface area contributed by atoms with Crippen LogP contribution in [0.1, 0.15) is 78.1 Å². The molecule has 136 valence electrons. The molecule has 2 spiro atoms. The summed E-state index contributed by atoms with van der Waals surface area (Å²) >= 11 is 0. The van der Waals surface area contributed by atoms with E-state index in [9.17, 15) is 9.59 Å². The van der Waals surface area contributed by atoms with Crippen LogP contribution in [-0.2, 0) is 9.59 Å². The maximum Gasteiger partial charge on any atom is 0.155 e. The molecule has 0 aromatic carbocycles. The Hall–Kier alpha value is -1.44. The van der Waals surface area contributed by atoms with Crippen LogP contribution in [0, 0.1) is 21.7 Å². The van der Waals surface area contributed by atoms with E-state index in [2.05, 4.69) is 19.9 Å². The number of allylic oxidation sites excluding steroid dienone is 6. The van der Waals surface area contributed by atoms with Gasteiger partial charge < -0.3 is 0 Å². The van der Waals surface area contributed by atoms with Crippen molar-refractivity contribution in [3.63, 3.8) is 0 Å². The van der Waals surface area contributed by atoms with Gasteiger partial charge in [-0.15, -0.1) is 0 Å². The first-order valence-corrected chi connectivity index (χ1v) is 10.6. The number of carbonyl (C=O) groups excluding carboxylic acids is 2. The minimum Gasteiger partial charge on any atom is -0.299 e. The van der Waals surface area contributed by atoms with Gasteiger partial charge in [-0.3, -0.25) is 9.59 Å². The zero-order valence-corrected chi connectivity index (χ0v) is 16.0. The van der Waals surface area contributed by atoms with E-state index in [-0.39, 0.29) is 21.7 Å². The van der Waals surface area contributed by atoms with E-state index in [1.165, 1.54) is 24.0 Å². The largest absolute Gasteiger partial charge is 0.299 e. The van der Waals surface area contributed by atoms with Crippen molar-refractivity contribution in [1.29, 1.82) is 0 Å². The minimum atomic E-state index is -0.177. The van der Waals surface area contributed by atoms with Crippen molar-refractivity contribution in [2.75, 3.05) is 0 Å². The number of Topliss-reactive ketones (excluding diaryl/α,β-unsaturated/α-hetero) is 1. The Bertz CT molecular complexity index is 880. The first-order chi connectivity index (χ1) is 12.3. The van der Waals surface area contributed by atoms with E-state index in [1.807, 2.05) is 6.08 Å². The van der Waals surface area contributed by atoms with Crippen LogP contribution in [0.25, 0.3) is 0 Å². The molecule has 26 heavy (non-hydrogen) atoms. The zero-order chi connectivity index (χ0) is 17.9. The molecule has 2 heteroatoms. The highest BCUT2D eigenvalue weighted by Crippen LogP contribution is 2.74. The highest BCUT2D eigenvalue weighted by Gasteiger charge is 2.66. The number of ketones is 2. The van der Waals surface area contributed by atoms with Crippen LogP contribution in [0.2, 0.25) is 0 Å². The van der Waals surface area contributed by atoms with Gasteiger partial charge in [0.1, 0.15) is 5.78 Å². The van der Waals surface area contributed by atoms with Crippen molar-refractivity contribution in [3.05, 3.63) is 34.4 Å². The summed E-state index contributed by atoms with van der Waals surface area (Å²) < 4.78 is 0. The SMILES string of the molecule is CC12CCC(=O)C=C1C1(CC1)CC1=C2CCC23C(=O)CC[C@]2(C)CC=C13. The van der Waals surface area contributed by atoms with Gasteiger partial charge in [0.2, 0.25) is 0 Å². The molecule has 0 aromatic heterocycles. The number of carbonyl (C=O) groups is 2. The second-order valence-electron chi connectivity index (χ2n) is 10.5. The average molecular weight is 348 g/mol. The van der Waals surface area contributed by atoms with Gasteiger partial charge in [0.15, 0.2) is 5.78 Å². The van der Waals surface area contributed by atoms with E-state index in [1.54, 1.807) is 11.1 Å². The summed E-state index contributed by atoms with van der Waals surface area (Å²) in [5.74, 6) is 0.851. The smallest absolute Gasteiger partial charge is 0.155 e. The molecule has 0 bridgehead atoms. The quantitative estimate of drug-likeness (QED) is 0.600. The summed E-state index contributed by atoms with van der Waals surface area (Å²) in [6.07, 6.45) is 14.7. The lowest BCUT2D eigenvalue weighted by Crippen LogP contribution is -2.45. The summed E-state index contributed by atoms with van der Waals surface area (Å²) in [6, 6.07) is 0. The van der Waals surface area contributed by atoms with Crippen LogP contribution < -0.4 is 0 Å². The van der Waals surface area contributed by atoms with Crippen LogP contribution >= 0.6 is 0 Å². The molecule has 0 aliphatic heterocycles. The highest BCUT2D eigenvalue weighted by atomic mass is 16.1. The Morgan fingerprint density at radius 1 is 0.923 bits per heavy atom. The van der Waals surface area contributed by atoms with Crippen LogP contribution in [-0.4, -0.2) is 11.6 Å². The summed E-state index contributed by atoms with van der Waals surface area (Å²) in [4.78, 5) is 25.4. The molecule has 0 aromatic rings. The van der Waals surface area contributed by atoms with E-state index < -0.39 is 0 Å². The Kier molecular flexibility index (Phi) is 2.60. The minimum absolute atomic E-state index is 0.0705. The molecule has 0 amide bonds. The summed E-state index contributed by atoms with van der Waals surface area (Å²) in [5.41, 5.74) is 6.33. The molecule has 6 aliphatic rings. The summed E-state index contributed by atoms with van der Waals surface area (Å²) in [5, 5.41) is 0. The van der Waals surface area contributed by atoms with Crippen molar-refractivity contribution in [2.45, 2.75) is 78.1 Å². The van der Waals surface area contributed by atoms with Gasteiger partial charge in [-0.2, -0.15) is 0 Å². The van der Waals surface area contributed by atoms with E-state index in [0.29, 0.717) is 18.0 Å². The third kappa shape index (κ3) is 1.50. The lowest BCUT2D eigenvalue weighted by Gasteiger charge is -2.53. The first-order valence-electron chi connectivity index (χ1n) is 10.6.